The average molecular weight is 640 g/mol. The molecule has 10 aromatic rings. The fraction of sp³-hybridized carbons (Fsp3) is 0. The van der Waals surface area contributed by atoms with Crippen LogP contribution in [0, 0.1) is 0 Å². The molecular weight excluding hydrogens is 611 g/mol. The molecule has 0 aliphatic rings. The molecule has 0 N–H and O–H groups in total. The van der Waals surface area contributed by atoms with Crippen molar-refractivity contribution >= 4 is 43.7 Å². The van der Waals surface area contributed by atoms with Gasteiger partial charge in [-0.05, 0) is 53.6 Å². The van der Waals surface area contributed by atoms with E-state index in [1.165, 1.54) is 5.56 Å². The van der Waals surface area contributed by atoms with Crippen molar-refractivity contribution in [2.75, 3.05) is 0 Å². The number of rotatable bonds is 5. The SMILES string of the molecule is c1ccc(-c2ccc(-c3cc(-c4cccc5c4oc4ccccc45)nc(-c4cccc5c4c4ccccc4n5-c4ccccc4)n3)cc2)cc1. The van der Waals surface area contributed by atoms with Crippen LogP contribution in [-0.4, -0.2) is 14.5 Å². The van der Waals surface area contributed by atoms with E-state index < -0.39 is 0 Å². The Balaban J connectivity index is 1.23. The zero-order valence-electron chi connectivity index (χ0n) is 27.0. The van der Waals surface area contributed by atoms with E-state index in [4.69, 9.17) is 14.4 Å². The standard InChI is InChI=1S/C46H29N3O/c1-3-13-30(14-4-1)31-25-27-32(28-26-31)39-29-40(36-20-11-19-35-34-17-8-10-24-43(34)50-45(35)36)48-46(47-39)38-21-12-23-42-44(38)37-18-7-9-22-41(37)49(42)33-15-5-2-6-16-33/h1-29H. The van der Waals surface area contributed by atoms with Gasteiger partial charge in [0, 0.05) is 43.9 Å². The first-order chi connectivity index (χ1) is 24.8. The first kappa shape index (κ1) is 28.3. The highest BCUT2D eigenvalue weighted by Gasteiger charge is 2.20. The monoisotopic (exact) mass is 639 g/mol. The van der Waals surface area contributed by atoms with Crippen molar-refractivity contribution in [1.29, 1.82) is 0 Å². The quantitative estimate of drug-likeness (QED) is 0.188. The van der Waals surface area contributed by atoms with Crippen LogP contribution in [0.1, 0.15) is 0 Å². The highest BCUT2D eigenvalue weighted by molar-refractivity contribution is 6.15. The van der Waals surface area contributed by atoms with E-state index in [0.29, 0.717) is 5.82 Å². The molecular formula is C46H29N3O. The molecule has 0 aliphatic heterocycles. The van der Waals surface area contributed by atoms with Gasteiger partial charge < -0.3 is 8.98 Å². The lowest BCUT2D eigenvalue weighted by Crippen LogP contribution is -1.97. The van der Waals surface area contributed by atoms with E-state index in [1.54, 1.807) is 0 Å². The Morgan fingerprint density at radius 2 is 1.02 bits per heavy atom. The number of para-hydroxylation sites is 4. The maximum absolute atomic E-state index is 6.51. The molecule has 7 aromatic carbocycles. The Morgan fingerprint density at radius 3 is 1.86 bits per heavy atom. The molecule has 0 amide bonds. The molecule has 0 spiro atoms. The largest absolute Gasteiger partial charge is 0.455 e. The highest BCUT2D eigenvalue weighted by Crippen LogP contribution is 2.40. The zero-order chi connectivity index (χ0) is 33.0. The van der Waals surface area contributed by atoms with E-state index >= 15 is 0 Å². The Labute approximate surface area is 288 Å². The molecule has 234 valence electrons. The molecule has 0 atom stereocenters. The Bertz CT molecular complexity index is 2850. The molecule has 3 aromatic heterocycles. The third kappa shape index (κ3) is 4.54. The molecule has 10 rings (SSSR count). The smallest absolute Gasteiger partial charge is 0.161 e. The number of hydrogen-bond acceptors (Lipinski definition) is 3. The van der Waals surface area contributed by atoms with Gasteiger partial charge in [-0.2, -0.15) is 0 Å². The van der Waals surface area contributed by atoms with Crippen LogP contribution in [0.15, 0.2) is 180 Å². The van der Waals surface area contributed by atoms with Gasteiger partial charge in [-0.25, -0.2) is 9.97 Å². The molecule has 0 saturated carbocycles. The summed E-state index contributed by atoms with van der Waals surface area (Å²) in [6.45, 7) is 0. The van der Waals surface area contributed by atoms with Gasteiger partial charge in [0.1, 0.15) is 11.2 Å². The lowest BCUT2D eigenvalue weighted by Gasteiger charge is -2.12. The number of furan rings is 1. The van der Waals surface area contributed by atoms with E-state index in [0.717, 1.165) is 83.1 Å². The minimum atomic E-state index is 0.666. The van der Waals surface area contributed by atoms with Crippen LogP contribution in [0.5, 0.6) is 0 Å². The first-order valence-electron chi connectivity index (χ1n) is 16.8. The molecule has 0 aliphatic carbocycles. The fourth-order valence-corrected chi connectivity index (χ4v) is 7.33. The number of aromatic nitrogens is 3. The van der Waals surface area contributed by atoms with Crippen molar-refractivity contribution in [3.05, 3.63) is 176 Å². The van der Waals surface area contributed by atoms with Crippen molar-refractivity contribution in [2.24, 2.45) is 0 Å². The number of benzene rings is 7. The van der Waals surface area contributed by atoms with Crippen molar-refractivity contribution < 1.29 is 4.42 Å². The van der Waals surface area contributed by atoms with Gasteiger partial charge in [0.05, 0.1) is 22.4 Å². The molecule has 4 heteroatoms. The average Bonchev–Trinajstić information content (AvgIpc) is 3.75. The van der Waals surface area contributed by atoms with Gasteiger partial charge in [-0.15, -0.1) is 0 Å². The summed E-state index contributed by atoms with van der Waals surface area (Å²) in [5.41, 5.74) is 12.0. The van der Waals surface area contributed by atoms with Crippen LogP contribution >= 0.6 is 0 Å². The number of fused-ring (bicyclic) bond motifs is 6. The summed E-state index contributed by atoms with van der Waals surface area (Å²) in [7, 11) is 0. The minimum absolute atomic E-state index is 0.666. The van der Waals surface area contributed by atoms with Crippen LogP contribution in [0.2, 0.25) is 0 Å². The lowest BCUT2D eigenvalue weighted by atomic mass is 10.0. The van der Waals surface area contributed by atoms with Crippen LogP contribution in [-0.2, 0) is 0 Å². The molecule has 4 nitrogen and oxygen atoms in total. The summed E-state index contributed by atoms with van der Waals surface area (Å²) in [4.78, 5) is 10.7. The summed E-state index contributed by atoms with van der Waals surface area (Å²) in [6, 6.07) is 61.3. The summed E-state index contributed by atoms with van der Waals surface area (Å²) in [6.07, 6.45) is 0. The molecule has 0 bridgehead atoms. The Hall–Kier alpha value is -6.78. The van der Waals surface area contributed by atoms with Crippen molar-refractivity contribution in [1.82, 2.24) is 14.5 Å². The lowest BCUT2D eigenvalue weighted by molar-refractivity contribution is 0.670. The first-order valence-corrected chi connectivity index (χ1v) is 16.8. The topological polar surface area (TPSA) is 43.9 Å². The van der Waals surface area contributed by atoms with E-state index in [1.807, 2.05) is 18.2 Å². The van der Waals surface area contributed by atoms with Gasteiger partial charge in [0.25, 0.3) is 0 Å². The second-order valence-corrected chi connectivity index (χ2v) is 12.6. The molecule has 3 heterocycles. The van der Waals surface area contributed by atoms with Crippen molar-refractivity contribution in [2.45, 2.75) is 0 Å². The predicted molar refractivity (Wildman–Crippen MR) is 205 cm³/mol. The maximum atomic E-state index is 6.51. The maximum Gasteiger partial charge on any atom is 0.161 e. The van der Waals surface area contributed by atoms with Crippen molar-refractivity contribution in [3.8, 4) is 50.7 Å². The van der Waals surface area contributed by atoms with Crippen LogP contribution < -0.4 is 0 Å². The zero-order valence-corrected chi connectivity index (χ0v) is 27.0. The second-order valence-electron chi connectivity index (χ2n) is 12.6. The number of hydrogen-bond donors (Lipinski definition) is 0. The molecule has 0 unspecified atom stereocenters. The second kappa shape index (κ2) is 11.4. The molecule has 50 heavy (non-hydrogen) atoms. The summed E-state index contributed by atoms with van der Waals surface area (Å²) >= 11 is 0. The Morgan fingerprint density at radius 1 is 0.420 bits per heavy atom. The van der Waals surface area contributed by atoms with E-state index in [2.05, 4.69) is 162 Å². The third-order valence-electron chi connectivity index (χ3n) is 9.65. The normalized spacial score (nSPS) is 11.6. The van der Waals surface area contributed by atoms with Gasteiger partial charge in [-0.1, -0.05) is 133 Å². The van der Waals surface area contributed by atoms with Gasteiger partial charge in [-0.3, -0.25) is 0 Å². The molecule has 0 radical (unpaired) electrons. The summed E-state index contributed by atoms with van der Waals surface area (Å²) in [5.74, 6) is 0.666. The fourth-order valence-electron chi connectivity index (χ4n) is 7.33. The minimum Gasteiger partial charge on any atom is -0.455 e. The highest BCUT2D eigenvalue weighted by atomic mass is 16.3. The van der Waals surface area contributed by atoms with Crippen molar-refractivity contribution in [3.63, 3.8) is 0 Å². The third-order valence-corrected chi connectivity index (χ3v) is 9.65. The summed E-state index contributed by atoms with van der Waals surface area (Å²) < 4.78 is 8.84. The van der Waals surface area contributed by atoms with Crippen LogP contribution in [0.25, 0.3) is 94.5 Å². The van der Waals surface area contributed by atoms with Gasteiger partial charge >= 0.3 is 0 Å². The number of nitrogens with zero attached hydrogens (tertiary/aromatic N) is 3. The summed E-state index contributed by atoms with van der Waals surface area (Å²) in [5, 5.41) is 4.44. The van der Waals surface area contributed by atoms with Crippen LogP contribution in [0.4, 0.5) is 0 Å². The van der Waals surface area contributed by atoms with E-state index in [9.17, 15) is 0 Å². The van der Waals surface area contributed by atoms with E-state index in [-0.39, 0.29) is 0 Å². The van der Waals surface area contributed by atoms with Crippen LogP contribution in [0.3, 0.4) is 0 Å². The molecule has 0 saturated heterocycles. The van der Waals surface area contributed by atoms with Gasteiger partial charge in [0.2, 0.25) is 0 Å². The van der Waals surface area contributed by atoms with Gasteiger partial charge in [0.15, 0.2) is 5.82 Å². The predicted octanol–water partition coefficient (Wildman–Crippen LogP) is 12.1. The molecule has 0 fully saturated rings. The Kier molecular flexibility index (Phi) is 6.46.